The van der Waals surface area contributed by atoms with Gasteiger partial charge in [-0.25, -0.2) is 13.4 Å². The minimum Gasteiger partial charge on any atom is -0.348 e. The molecule has 0 unspecified atom stereocenters. The highest BCUT2D eigenvalue weighted by Crippen LogP contribution is 2.33. The van der Waals surface area contributed by atoms with Crippen molar-refractivity contribution in [1.29, 1.82) is 0 Å². The van der Waals surface area contributed by atoms with Crippen LogP contribution in [0.2, 0.25) is 0 Å². The Balaban J connectivity index is 1.48. The molecule has 0 amide bonds. The van der Waals surface area contributed by atoms with Gasteiger partial charge in [0.2, 0.25) is 0 Å². The maximum absolute atomic E-state index is 13.0. The van der Waals surface area contributed by atoms with Gasteiger partial charge in [-0.2, -0.15) is 0 Å². The summed E-state index contributed by atoms with van der Waals surface area (Å²) < 4.78 is 26.8. The molecule has 29 heavy (non-hydrogen) atoms. The topological polar surface area (TPSA) is 50.3 Å². The highest BCUT2D eigenvalue weighted by molar-refractivity contribution is 9.10. The number of aromatic nitrogens is 1. The van der Waals surface area contributed by atoms with Crippen LogP contribution in [-0.4, -0.2) is 31.7 Å². The van der Waals surface area contributed by atoms with Gasteiger partial charge < -0.3 is 4.90 Å². The van der Waals surface area contributed by atoms with E-state index in [0.29, 0.717) is 30.8 Å². The second-order valence-electron chi connectivity index (χ2n) is 7.45. The summed E-state index contributed by atoms with van der Waals surface area (Å²) in [5.41, 5.74) is 4.67. The van der Waals surface area contributed by atoms with E-state index >= 15 is 0 Å². The van der Waals surface area contributed by atoms with E-state index in [1.165, 1.54) is 16.7 Å². The maximum Gasteiger partial charge on any atom is 0.185 e. The number of thiazole rings is 1. The van der Waals surface area contributed by atoms with Gasteiger partial charge in [0.05, 0.1) is 15.8 Å². The predicted octanol–water partition coefficient (Wildman–Crippen LogP) is 5.63. The third-order valence-corrected chi connectivity index (χ3v) is 9.30. The molecule has 4 nitrogen and oxygen atoms in total. The van der Waals surface area contributed by atoms with Crippen LogP contribution < -0.4 is 4.90 Å². The number of nitrogens with zero attached hydrogens (tertiary/aromatic N) is 2. The van der Waals surface area contributed by atoms with E-state index in [1.54, 1.807) is 29.5 Å². The fourth-order valence-electron chi connectivity index (χ4n) is 3.76. The van der Waals surface area contributed by atoms with E-state index in [0.717, 1.165) is 15.3 Å². The first-order chi connectivity index (χ1) is 13.9. The number of aryl methyl sites for hydroxylation is 1. The van der Waals surface area contributed by atoms with Gasteiger partial charge in [0.25, 0.3) is 0 Å². The molecule has 0 aliphatic carbocycles. The van der Waals surface area contributed by atoms with Crippen LogP contribution in [0.1, 0.15) is 24.0 Å². The fraction of sp³-hybridized carbons (Fsp3) is 0.318. The number of rotatable bonds is 4. The van der Waals surface area contributed by atoms with Crippen LogP contribution in [0.25, 0.3) is 11.3 Å². The van der Waals surface area contributed by atoms with Crippen molar-refractivity contribution in [2.24, 2.45) is 0 Å². The Kier molecular flexibility index (Phi) is 5.82. The molecular weight excluding hydrogens is 468 g/mol. The number of anilines is 1. The molecule has 1 saturated heterocycles. The molecule has 2 aromatic carbocycles. The first kappa shape index (κ1) is 20.6. The Morgan fingerprint density at radius 3 is 2.55 bits per heavy atom. The summed E-state index contributed by atoms with van der Waals surface area (Å²) in [7, 11) is -3.31. The maximum atomic E-state index is 13.0. The summed E-state index contributed by atoms with van der Waals surface area (Å²) in [4.78, 5) is 7.47. The summed E-state index contributed by atoms with van der Waals surface area (Å²) in [5, 5.41) is 2.73. The van der Waals surface area contributed by atoms with E-state index in [2.05, 4.69) is 58.3 Å². The second-order valence-corrected chi connectivity index (χ2v) is 11.4. The molecule has 4 rings (SSSR count). The minimum absolute atomic E-state index is 0.341. The lowest BCUT2D eigenvalue weighted by Gasteiger charge is -2.31. The highest BCUT2D eigenvalue weighted by atomic mass is 79.9. The van der Waals surface area contributed by atoms with Gasteiger partial charge in [-0.05, 0) is 56.0 Å². The van der Waals surface area contributed by atoms with Crippen molar-refractivity contribution < 1.29 is 8.42 Å². The first-order valence-corrected chi connectivity index (χ1v) is 12.8. The van der Waals surface area contributed by atoms with Gasteiger partial charge in [-0.3, -0.25) is 0 Å². The number of benzene rings is 2. The van der Waals surface area contributed by atoms with Crippen LogP contribution in [0, 0.1) is 13.8 Å². The fourth-order valence-corrected chi connectivity index (χ4v) is 6.96. The van der Waals surface area contributed by atoms with Crippen molar-refractivity contribution in [3.8, 4) is 11.3 Å². The van der Waals surface area contributed by atoms with Gasteiger partial charge in [0, 0.05) is 28.5 Å². The lowest BCUT2D eigenvalue weighted by atomic mass is 10.0. The molecule has 0 atom stereocenters. The number of hydrogen-bond donors (Lipinski definition) is 0. The lowest BCUT2D eigenvalue weighted by Crippen LogP contribution is -2.39. The smallest absolute Gasteiger partial charge is 0.185 e. The van der Waals surface area contributed by atoms with Gasteiger partial charge in [-0.15, -0.1) is 11.3 Å². The second kappa shape index (κ2) is 8.20. The largest absolute Gasteiger partial charge is 0.348 e. The van der Waals surface area contributed by atoms with Crippen LogP contribution in [0.15, 0.2) is 57.2 Å². The zero-order chi connectivity index (χ0) is 20.6. The van der Waals surface area contributed by atoms with Crippen molar-refractivity contribution in [2.45, 2.75) is 36.8 Å². The van der Waals surface area contributed by atoms with Gasteiger partial charge >= 0.3 is 0 Å². The quantitative estimate of drug-likeness (QED) is 0.475. The summed E-state index contributed by atoms with van der Waals surface area (Å²) in [6, 6.07) is 13.3. The van der Waals surface area contributed by atoms with E-state index in [9.17, 15) is 8.42 Å². The summed E-state index contributed by atoms with van der Waals surface area (Å²) in [6.07, 6.45) is 1.24. The van der Waals surface area contributed by atoms with Crippen LogP contribution in [0.3, 0.4) is 0 Å². The molecule has 0 bridgehead atoms. The molecule has 152 valence electrons. The van der Waals surface area contributed by atoms with Gasteiger partial charge in [0.1, 0.15) is 0 Å². The van der Waals surface area contributed by atoms with Crippen molar-refractivity contribution >= 4 is 42.2 Å². The molecule has 1 fully saturated rings. The molecule has 0 radical (unpaired) electrons. The Labute approximate surface area is 184 Å². The molecule has 1 aliphatic rings. The van der Waals surface area contributed by atoms with Crippen molar-refractivity contribution in [3.63, 3.8) is 0 Å². The molecule has 0 N–H and O–H groups in total. The van der Waals surface area contributed by atoms with Crippen molar-refractivity contribution in [2.75, 3.05) is 18.0 Å². The van der Waals surface area contributed by atoms with Gasteiger partial charge in [-0.1, -0.05) is 40.2 Å². The molecule has 3 aromatic rings. The van der Waals surface area contributed by atoms with Crippen LogP contribution in [0.5, 0.6) is 0 Å². The SMILES string of the molecule is Cc1cccc(-c2csc(N3CCC(S(=O)(=O)c4cccc(Br)c4)CC3)n2)c1C. The van der Waals surface area contributed by atoms with E-state index in [4.69, 9.17) is 4.98 Å². The highest BCUT2D eigenvalue weighted by Gasteiger charge is 2.32. The van der Waals surface area contributed by atoms with Gasteiger partial charge in [0.15, 0.2) is 15.0 Å². The number of hydrogen-bond acceptors (Lipinski definition) is 5. The van der Waals surface area contributed by atoms with Crippen molar-refractivity contribution in [3.05, 3.63) is 63.4 Å². The summed E-state index contributed by atoms with van der Waals surface area (Å²) in [5.74, 6) is 0. The Morgan fingerprint density at radius 2 is 1.83 bits per heavy atom. The molecular formula is C22H23BrN2O2S2. The van der Waals surface area contributed by atoms with Crippen LogP contribution in [-0.2, 0) is 9.84 Å². The first-order valence-electron chi connectivity index (χ1n) is 9.63. The normalized spacial score (nSPS) is 15.6. The monoisotopic (exact) mass is 490 g/mol. The van der Waals surface area contributed by atoms with Crippen LogP contribution >= 0.6 is 27.3 Å². The number of piperidine rings is 1. The van der Waals surface area contributed by atoms with Crippen LogP contribution in [0.4, 0.5) is 5.13 Å². The average molecular weight is 491 g/mol. The zero-order valence-electron chi connectivity index (χ0n) is 16.4. The zero-order valence-corrected chi connectivity index (χ0v) is 19.6. The molecule has 7 heteroatoms. The summed E-state index contributed by atoms with van der Waals surface area (Å²) in [6.45, 7) is 5.65. The van der Waals surface area contributed by atoms with E-state index in [-0.39, 0.29) is 5.25 Å². The molecule has 2 heterocycles. The molecule has 1 aliphatic heterocycles. The number of halogens is 1. The molecule has 0 spiro atoms. The third kappa shape index (κ3) is 4.13. The Hall–Kier alpha value is -1.70. The van der Waals surface area contributed by atoms with Crippen molar-refractivity contribution in [1.82, 2.24) is 4.98 Å². The number of sulfone groups is 1. The average Bonchev–Trinajstić information content (AvgIpc) is 3.20. The molecule has 0 saturated carbocycles. The third-order valence-electron chi connectivity index (χ3n) is 5.65. The Bertz CT molecular complexity index is 1130. The van der Waals surface area contributed by atoms with E-state index < -0.39 is 9.84 Å². The van der Waals surface area contributed by atoms with E-state index in [1.807, 2.05) is 6.07 Å². The predicted molar refractivity (Wildman–Crippen MR) is 124 cm³/mol. The lowest BCUT2D eigenvalue weighted by molar-refractivity contribution is 0.529. The Morgan fingerprint density at radius 1 is 1.10 bits per heavy atom. The molecule has 1 aromatic heterocycles. The summed E-state index contributed by atoms with van der Waals surface area (Å²) >= 11 is 5.00. The minimum atomic E-state index is -3.31. The standard InChI is InChI=1S/C22H23BrN2O2S2/c1-15-5-3-8-20(16(15)2)21-14-28-22(24-21)25-11-9-18(10-12-25)29(26,27)19-7-4-6-17(23)13-19/h3-8,13-14,18H,9-12H2,1-2H3.